The van der Waals surface area contributed by atoms with Crippen molar-refractivity contribution in [1.82, 2.24) is 0 Å². The molecule has 2 atom stereocenters. The Labute approximate surface area is 89.4 Å². The molecule has 15 heavy (non-hydrogen) atoms. The Hall–Kier alpha value is -1.10. The Balaban J connectivity index is 4.27. The van der Waals surface area contributed by atoms with Crippen molar-refractivity contribution in [2.75, 3.05) is 13.2 Å². The number of esters is 2. The molecule has 0 spiro atoms. The topological polar surface area (TPSA) is 72.8 Å². The summed E-state index contributed by atoms with van der Waals surface area (Å²) in [6, 6.07) is 0. The number of hydrogen-bond acceptors (Lipinski definition) is 5. The van der Waals surface area contributed by atoms with Crippen LogP contribution in [0.1, 0.15) is 27.2 Å². The van der Waals surface area contributed by atoms with Gasteiger partial charge in [-0.2, -0.15) is 0 Å². The minimum absolute atomic E-state index is 0.148. The van der Waals surface area contributed by atoms with Crippen LogP contribution >= 0.6 is 0 Å². The fraction of sp³-hybridized carbons (Fsp3) is 0.800. The molecule has 1 N–H and O–H groups in total. The molecule has 0 aromatic carbocycles. The first-order valence-electron chi connectivity index (χ1n) is 5.03. The van der Waals surface area contributed by atoms with E-state index in [1.807, 2.05) is 0 Å². The number of hydrogen-bond donors (Lipinski definition) is 1. The second-order valence-electron chi connectivity index (χ2n) is 3.11. The van der Waals surface area contributed by atoms with Crippen molar-refractivity contribution in [2.24, 2.45) is 5.92 Å². The monoisotopic (exact) mass is 218 g/mol. The van der Waals surface area contributed by atoms with Crippen molar-refractivity contribution in [3.8, 4) is 0 Å². The summed E-state index contributed by atoms with van der Waals surface area (Å²) in [6.45, 7) is 5.28. The van der Waals surface area contributed by atoms with Gasteiger partial charge in [0.15, 0.2) is 0 Å². The molecule has 0 saturated heterocycles. The summed E-state index contributed by atoms with van der Waals surface area (Å²) in [5.74, 6) is -1.92. The van der Waals surface area contributed by atoms with E-state index in [9.17, 15) is 14.7 Å². The normalized spacial score (nSPS) is 14.1. The molecule has 0 amide bonds. The van der Waals surface area contributed by atoms with Crippen LogP contribution in [-0.4, -0.2) is 36.4 Å². The van der Waals surface area contributed by atoms with Crippen molar-refractivity contribution < 1.29 is 24.2 Å². The van der Waals surface area contributed by atoms with E-state index < -0.39 is 24.0 Å². The van der Waals surface area contributed by atoms with Crippen LogP contribution in [0.15, 0.2) is 0 Å². The van der Waals surface area contributed by atoms with E-state index in [-0.39, 0.29) is 19.6 Å². The molecule has 0 rings (SSSR count). The maximum absolute atomic E-state index is 11.3. The second-order valence-corrected chi connectivity index (χ2v) is 3.11. The van der Waals surface area contributed by atoms with Crippen LogP contribution in [0.5, 0.6) is 0 Å². The van der Waals surface area contributed by atoms with Gasteiger partial charge in [-0.15, -0.1) is 0 Å². The number of aliphatic hydroxyl groups is 1. The lowest BCUT2D eigenvalue weighted by Crippen LogP contribution is -2.30. The highest BCUT2D eigenvalue weighted by Gasteiger charge is 2.28. The third-order valence-corrected chi connectivity index (χ3v) is 1.86. The average molecular weight is 218 g/mol. The SMILES string of the molecule is CCOC(=O)CC(C(=O)OCC)C(C)O. The van der Waals surface area contributed by atoms with Crippen LogP contribution in [0.4, 0.5) is 0 Å². The molecule has 0 bridgehead atoms. The summed E-state index contributed by atoms with van der Waals surface area (Å²) in [5.41, 5.74) is 0. The van der Waals surface area contributed by atoms with Crippen LogP contribution in [-0.2, 0) is 19.1 Å². The molecule has 0 aliphatic rings. The van der Waals surface area contributed by atoms with Gasteiger partial charge in [0.2, 0.25) is 0 Å². The lowest BCUT2D eigenvalue weighted by atomic mass is 10.0. The Kier molecular flexibility index (Phi) is 6.70. The van der Waals surface area contributed by atoms with Gasteiger partial charge < -0.3 is 14.6 Å². The first kappa shape index (κ1) is 13.9. The highest BCUT2D eigenvalue weighted by molar-refractivity contribution is 5.80. The summed E-state index contributed by atoms with van der Waals surface area (Å²) < 4.78 is 9.43. The fourth-order valence-electron chi connectivity index (χ4n) is 1.10. The number of ether oxygens (including phenoxy) is 2. The Bertz CT molecular complexity index is 212. The lowest BCUT2D eigenvalue weighted by Gasteiger charge is -2.16. The number of carbonyl (C=O) groups is 2. The first-order valence-corrected chi connectivity index (χ1v) is 5.03. The van der Waals surface area contributed by atoms with Crippen molar-refractivity contribution in [3.63, 3.8) is 0 Å². The zero-order valence-corrected chi connectivity index (χ0v) is 9.36. The van der Waals surface area contributed by atoms with E-state index >= 15 is 0 Å². The van der Waals surface area contributed by atoms with E-state index in [1.165, 1.54) is 6.92 Å². The number of rotatable bonds is 6. The Morgan fingerprint density at radius 1 is 1.20 bits per heavy atom. The highest BCUT2D eigenvalue weighted by atomic mass is 16.5. The molecule has 5 heteroatoms. The molecule has 0 saturated carbocycles. The van der Waals surface area contributed by atoms with Crippen molar-refractivity contribution in [3.05, 3.63) is 0 Å². The molecule has 0 radical (unpaired) electrons. The standard InChI is InChI=1S/C10H18O5/c1-4-14-9(12)6-8(7(3)11)10(13)15-5-2/h7-8,11H,4-6H2,1-3H3. The summed E-state index contributed by atoms with van der Waals surface area (Å²) in [6.07, 6.45) is -1.07. The van der Waals surface area contributed by atoms with Gasteiger partial charge in [-0.05, 0) is 20.8 Å². The van der Waals surface area contributed by atoms with Gasteiger partial charge in [-0.3, -0.25) is 9.59 Å². The molecular weight excluding hydrogens is 200 g/mol. The zero-order valence-electron chi connectivity index (χ0n) is 9.36. The molecule has 5 nitrogen and oxygen atoms in total. The third kappa shape index (κ3) is 5.37. The van der Waals surface area contributed by atoms with E-state index in [0.717, 1.165) is 0 Å². The summed E-state index contributed by atoms with van der Waals surface area (Å²) in [7, 11) is 0. The van der Waals surface area contributed by atoms with Gasteiger partial charge in [0.1, 0.15) is 0 Å². The maximum atomic E-state index is 11.3. The molecule has 0 heterocycles. The molecule has 0 aliphatic heterocycles. The highest BCUT2D eigenvalue weighted by Crippen LogP contribution is 2.12. The van der Waals surface area contributed by atoms with Gasteiger partial charge in [0, 0.05) is 0 Å². The second kappa shape index (κ2) is 7.23. The lowest BCUT2D eigenvalue weighted by molar-refractivity contribution is -0.158. The van der Waals surface area contributed by atoms with Gasteiger partial charge in [0.05, 0.1) is 31.7 Å². The van der Waals surface area contributed by atoms with E-state index in [1.54, 1.807) is 13.8 Å². The van der Waals surface area contributed by atoms with Crippen LogP contribution in [0.2, 0.25) is 0 Å². The first-order chi connectivity index (χ1) is 7.02. The van der Waals surface area contributed by atoms with Crippen molar-refractivity contribution in [2.45, 2.75) is 33.3 Å². The fourth-order valence-corrected chi connectivity index (χ4v) is 1.10. The third-order valence-electron chi connectivity index (χ3n) is 1.86. The smallest absolute Gasteiger partial charge is 0.312 e. The molecule has 0 fully saturated rings. The van der Waals surface area contributed by atoms with E-state index in [2.05, 4.69) is 0 Å². The summed E-state index contributed by atoms with van der Waals surface area (Å²) in [4.78, 5) is 22.5. The minimum atomic E-state index is -0.923. The Morgan fingerprint density at radius 3 is 2.13 bits per heavy atom. The zero-order chi connectivity index (χ0) is 11.8. The number of carbonyl (C=O) groups excluding carboxylic acids is 2. The van der Waals surface area contributed by atoms with Crippen LogP contribution in [0.25, 0.3) is 0 Å². The largest absolute Gasteiger partial charge is 0.466 e. The van der Waals surface area contributed by atoms with Gasteiger partial charge in [-0.25, -0.2) is 0 Å². The predicted octanol–water partition coefficient (Wildman–Crippen LogP) is 0.500. The summed E-state index contributed by atoms with van der Waals surface area (Å²) >= 11 is 0. The molecular formula is C10H18O5. The van der Waals surface area contributed by atoms with Crippen molar-refractivity contribution in [1.29, 1.82) is 0 Å². The van der Waals surface area contributed by atoms with E-state index in [0.29, 0.717) is 0 Å². The van der Waals surface area contributed by atoms with E-state index in [4.69, 9.17) is 9.47 Å². The Morgan fingerprint density at radius 2 is 1.73 bits per heavy atom. The van der Waals surface area contributed by atoms with Gasteiger partial charge in [0.25, 0.3) is 0 Å². The quantitative estimate of drug-likeness (QED) is 0.657. The van der Waals surface area contributed by atoms with Crippen LogP contribution in [0.3, 0.4) is 0 Å². The van der Waals surface area contributed by atoms with Crippen LogP contribution < -0.4 is 0 Å². The minimum Gasteiger partial charge on any atom is -0.466 e. The maximum Gasteiger partial charge on any atom is 0.312 e. The molecule has 0 aromatic heterocycles. The van der Waals surface area contributed by atoms with Gasteiger partial charge >= 0.3 is 11.9 Å². The number of aliphatic hydroxyl groups excluding tert-OH is 1. The van der Waals surface area contributed by atoms with Crippen molar-refractivity contribution >= 4 is 11.9 Å². The molecule has 0 aliphatic carbocycles. The summed E-state index contributed by atoms with van der Waals surface area (Å²) in [5, 5.41) is 9.32. The molecule has 88 valence electrons. The molecule has 2 unspecified atom stereocenters. The van der Waals surface area contributed by atoms with Gasteiger partial charge in [-0.1, -0.05) is 0 Å². The molecule has 0 aromatic rings. The average Bonchev–Trinajstić information content (AvgIpc) is 2.14. The predicted molar refractivity (Wildman–Crippen MR) is 53.1 cm³/mol. The van der Waals surface area contributed by atoms with Crippen LogP contribution in [0, 0.1) is 5.92 Å².